The molecule has 0 aliphatic heterocycles. The lowest BCUT2D eigenvalue weighted by molar-refractivity contribution is -0.126. The van der Waals surface area contributed by atoms with Gasteiger partial charge in [0.05, 0.1) is 12.5 Å². The van der Waals surface area contributed by atoms with Crippen molar-refractivity contribution in [2.24, 2.45) is 28.9 Å². The Morgan fingerprint density at radius 1 is 1.04 bits per heavy atom. The lowest BCUT2D eigenvalue weighted by Gasteiger charge is -2.59. The molecule has 4 aliphatic rings. The van der Waals surface area contributed by atoms with Gasteiger partial charge in [-0.05, 0) is 74.2 Å². The van der Waals surface area contributed by atoms with Crippen LogP contribution >= 0.6 is 0 Å². The lowest BCUT2D eigenvalue weighted by atomic mass is 9.48. The van der Waals surface area contributed by atoms with Crippen LogP contribution < -0.4 is 16.4 Å². The Kier molecular flexibility index (Phi) is 4.87. The highest BCUT2D eigenvalue weighted by molar-refractivity contribution is 5.79. The van der Waals surface area contributed by atoms with E-state index in [0.717, 1.165) is 23.3 Å². The molecule has 1 aromatic carbocycles. The van der Waals surface area contributed by atoms with E-state index in [1.54, 1.807) is 0 Å². The molecule has 4 bridgehead atoms. The molecule has 5 nitrogen and oxygen atoms in total. The minimum atomic E-state index is -0.606. The molecule has 0 heterocycles. The molecule has 3 amide bonds. The van der Waals surface area contributed by atoms with E-state index < -0.39 is 12.1 Å². The summed E-state index contributed by atoms with van der Waals surface area (Å²) in [5.74, 6) is 2.58. The van der Waals surface area contributed by atoms with Crippen LogP contribution in [0.4, 0.5) is 4.79 Å². The normalized spacial score (nSPS) is 33.3. The predicted octanol–water partition coefficient (Wildman–Crippen LogP) is 3.51. The molecule has 0 aromatic heterocycles. The highest BCUT2D eigenvalue weighted by Gasteiger charge is 2.53. The van der Waals surface area contributed by atoms with Crippen molar-refractivity contribution in [3.63, 3.8) is 0 Å². The van der Waals surface area contributed by atoms with Gasteiger partial charge in [0.15, 0.2) is 0 Å². The summed E-state index contributed by atoms with van der Waals surface area (Å²) in [5.41, 5.74) is 6.51. The summed E-state index contributed by atoms with van der Waals surface area (Å²) in [6.45, 7) is 2.18. The van der Waals surface area contributed by atoms with E-state index >= 15 is 0 Å². The summed E-state index contributed by atoms with van der Waals surface area (Å²) in [6, 6.07) is 8.73. The summed E-state index contributed by atoms with van der Waals surface area (Å²) >= 11 is 0. The van der Waals surface area contributed by atoms with Crippen LogP contribution in [0, 0.1) is 23.2 Å². The Bertz CT molecular complexity index is 667. The minimum Gasteiger partial charge on any atom is -0.353 e. The molecule has 5 rings (SSSR count). The molecule has 0 spiro atoms. The first-order valence-corrected chi connectivity index (χ1v) is 10.3. The van der Waals surface area contributed by atoms with E-state index in [1.165, 1.54) is 38.5 Å². The van der Waals surface area contributed by atoms with Crippen molar-refractivity contribution in [1.29, 1.82) is 0 Å². The number of benzene rings is 1. The first-order valence-electron chi connectivity index (χ1n) is 10.3. The number of urea groups is 1. The number of nitrogens with one attached hydrogen (secondary N) is 2. The van der Waals surface area contributed by atoms with E-state index in [1.807, 2.05) is 30.3 Å². The fourth-order valence-corrected chi connectivity index (χ4v) is 6.46. The van der Waals surface area contributed by atoms with Crippen LogP contribution in [-0.2, 0) is 4.79 Å². The second-order valence-corrected chi connectivity index (χ2v) is 9.25. The summed E-state index contributed by atoms with van der Waals surface area (Å²) in [4.78, 5) is 24.2. The van der Waals surface area contributed by atoms with Crippen LogP contribution in [0.25, 0.3) is 0 Å². The van der Waals surface area contributed by atoms with Gasteiger partial charge >= 0.3 is 6.03 Å². The van der Waals surface area contributed by atoms with Gasteiger partial charge in [0, 0.05) is 6.04 Å². The fraction of sp³-hybridized carbons (Fsp3) is 0.636. The van der Waals surface area contributed by atoms with Crippen molar-refractivity contribution >= 4 is 11.9 Å². The molecular weight excluding hydrogens is 338 g/mol. The summed E-state index contributed by atoms with van der Waals surface area (Å²) in [5, 5.41) is 5.99. The number of rotatable bonds is 6. The third kappa shape index (κ3) is 3.83. The van der Waals surface area contributed by atoms with E-state index in [2.05, 4.69) is 17.6 Å². The zero-order valence-electron chi connectivity index (χ0n) is 16.1. The first kappa shape index (κ1) is 18.3. The van der Waals surface area contributed by atoms with E-state index in [-0.39, 0.29) is 23.8 Å². The molecule has 5 heteroatoms. The van der Waals surface area contributed by atoms with Gasteiger partial charge in [-0.25, -0.2) is 4.79 Å². The third-order valence-corrected chi connectivity index (χ3v) is 7.29. The van der Waals surface area contributed by atoms with Crippen LogP contribution in [0.1, 0.15) is 63.5 Å². The van der Waals surface area contributed by atoms with Crippen LogP contribution in [0.15, 0.2) is 30.3 Å². The Balaban J connectivity index is 1.41. The van der Waals surface area contributed by atoms with Crippen LogP contribution in [0.2, 0.25) is 0 Å². The van der Waals surface area contributed by atoms with Gasteiger partial charge < -0.3 is 16.4 Å². The molecule has 2 unspecified atom stereocenters. The monoisotopic (exact) mass is 369 g/mol. The maximum atomic E-state index is 12.8. The van der Waals surface area contributed by atoms with E-state index in [0.29, 0.717) is 0 Å². The smallest absolute Gasteiger partial charge is 0.312 e. The maximum Gasteiger partial charge on any atom is 0.312 e. The van der Waals surface area contributed by atoms with Crippen molar-refractivity contribution in [2.75, 3.05) is 0 Å². The maximum absolute atomic E-state index is 12.8. The van der Waals surface area contributed by atoms with Crippen LogP contribution in [0.5, 0.6) is 0 Å². The van der Waals surface area contributed by atoms with Gasteiger partial charge in [-0.2, -0.15) is 0 Å². The second kappa shape index (κ2) is 7.17. The lowest BCUT2D eigenvalue weighted by Crippen LogP contribution is -2.56. The summed E-state index contributed by atoms with van der Waals surface area (Å²) in [6.07, 6.45) is 8.21. The standard InChI is InChI=1S/C22H31N3O2/c1-14(22-11-15-7-16(12-22)9-17(8-15)13-22)24-20(26)10-19(25-21(23)27)18-5-3-2-4-6-18/h2-6,14-17,19H,7-13H2,1H3,(H,24,26)(H3,23,25,27). The molecule has 2 atom stereocenters. The van der Waals surface area contributed by atoms with Crippen molar-refractivity contribution < 1.29 is 9.59 Å². The zero-order valence-corrected chi connectivity index (χ0v) is 16.1. The molecule has 4 N–H and O–H groups in total. The molecule has 27 heavy (non-hydrogen) atoms. The number of hydrogen-bond donors (Lipinski definition) is 3. The molecule has 0 radical (unpaired) electrons. The van der Waals surface area contributed by atoms with Gasteiger partial charge in [-0.15, -0.1) is 0 Å². The molecular formula is C22H31N3O2. The van der Waals surface area contributed by atoms with Gasteiger partial charge in [-0.1, -0.05) is 30.3 Å². The zero-order chi connectivity index (χ0) is 19.0. The van der Waals surface area contributed by atoms with E-state index in [9.17, 15) is 9.59 Å². The molecule has 4 saturated carbocycles. The summed E-state index contributed by atoms with van der Waals surface area (Å²) < 4.78 is 0. The van der Waals surface area contributed by atoms with Crippen molar-refractivity contribution in [1.82, 2.24) is 10.6 Å². The Morgan fingerprint density at radius 2 is 1.59 bits per heavy atom. The highest BCUT2D eigenvalue weighted by atomic mass is 16.2. The van der Waals surface area contributed by atoms with Crippen molar-refractivity contribution in [3.8, 4) is 0 Å². The number of nitrogens with two attached hydrogens (primary N) is 1. The first-order chi connectivity index (χ1) is 12.9. The predicted molar refractivity (Wildman–Crippen MR) is 105 cm³/mol. The Morgan fingerprint density at radius 3 is 2.11 bits per heavy atom. The molecule has 1 aromatic rings. The quantitative estimate of drug-likeness (QED) is 0.717. The number of hydrogen-bond acceptors (Lipinski definition) is 2. The average molecular weight is 370 g/mol. The van der Waals surface area contributed by atoms with Gasteiger partial charge in [-0.3, -0.25) is 4.79 Å². The van der Waals surface area contributed by atoms with Crippen LogP contribution in [-0.4, -0.2) is 18.0 Å². The number of amides is 3. The van der Waals surface area contributed by atoms with E-state index in [4.69, 9.17) is 5.73 Å². The number of primary amides is 1. The molecule has 4 fully saturated rings. The Labute approximate surface area is 161 Å². The van der Waals surface area contributed by atoms with Crippen molar-refractivity contribution in [2.45, 2.75) is 64.0 Å². The largest absolute Gasteiger partial charge is 0.353 e. The van der Waals surface area contributed by atoms with Gasteiger partial charge in [0.2, 0.25) is 5.91 Å². The fourth-order valence-electron chi connectivity index (χ4n) is 6.46. The minimum absolute atomic E-state index is 0.0131. The Hall–Kier alpha value is -2.04. The molecule has 0 saturated heterocycles. The topological polar surface area (TPSA) is 84.2 Å². The van der Waals surface area contributed by atoms with Crippen LogP contribution in [0.3, 0.4) is 0 Å². The number of carbonyl (C=O) groups is 2. The molecule has 4 aliphatic carbocycles. The SMILES string of the molecule is CC(NC(=O)CC(NC(N)=O)c1ccccc1)C12CC3CC(CC(C3)C1)C2. The third-order valence-electron chi connectivity index (χ3n) is 7.29. The second-order valence-electron chi connectivity index (χ2n) is 9.25. The highest BCUT2D eigenvalue weighted by Crippen LogP contribution is 2.61. The van der Waals surface area contributed by atoms with Gasteiger partial charge in [0.25, 0.3) is 0 Å². The molecule has 146 valence electrons. The summed E-state index contributed by atoms with van der Waals surface area (Å²) in [7, 11) is 0. The van der Waals surface area contributed by atoms with Gasteiger partial charge in [0.1, 0.15) is 0 Å². The average Bonchev–Trinajstić information content (AvgIpc) is 2.60. The van der Waals surface area contributed by atoms with Crippen molar-refractivity contribution in [3.05, 3.63) is 35.9 Å². The number of carbonyl (C=O) groups excluding carboxylic acids is 2.